The third kappa shape index (κ3) is 4.87. The topological polar surface area (TPSA) is 55.4 Å². The second-order valence-corrected chi connectivity index (χ2v) is 3.14. The van der Waals surface area contributed by atoms with Crippen LogP contribution in [0.4, 0.5) is 4.79 Å². The van der Waals surface area contributed by atoms with Crippen LogP contribution in [-0.2, 0) is 9.53 Å². The molecule has 0 aliphatic heterocycles. The van der Waals surface area contributed by atoms with Crippen LogP contribution >= 0.6 is 15.9 Å². The minimum absolute atomic E-state index is 0.0350. The van der Waals surface area contributed by atoms with Crippen LogP contribution in [0.5, 0.6) is 0 Å². The molecule has 0 spiro atoms. The second kappa shape index (κ2) is 6.88. The van der Waals surface area contributed by atoms with E-state index in [4.69, 9.17) is 0 Å². The number of hydrogen-bond donors (Lipinski definition) is 1. The van der Waals surface area contributed by atoms with Gasteiger partial charge in [0.15, 0.2) is 5.78 Å². The molecule has 5 heteroatoms. The first-order valence-corrected chi connectivity index (χ1v) is 5.21. The molecule has 0 radical (unpaired) electrons. The van der Waals surface area contributed by atoms with Gasteiger partial charge in [-0.3, -0.25) is 4.79 Å². The number of amides is 1. The van der Waals surface area contributed by atoms with Crippen molar-refractivity contribution >= 4 is 27.8 Å². The Hall–Kier alpha value is -0.580. The number of alkyl halides is 1. The highest BCUT2D eigenvalue weighted by Crippen LogP contribution is 2.00. The van der Waals surface area contributed by atoms with Crippen LogP contribution in [0.25, 0.3) is 0 Å². The predicted octanol–water partition coefficient (Wildman–Crippen LogP) is 1.48. The molecule has 4 nitrogen and oxygen atoms in total. The van der Waals surface area contributed by atoms with Crippen molar-refractivity contribution in [2.24, 2.45) is 0 Å². The minimum atomic E-state index is -0.562. The number of methoxy groups -OCH3 is 1. The molecular weight excluding hydrogens is 238 g/mol. The van der Waals surface area contributed by atoms with Gasteiger partial charge in [-0.25, -0.2) is 4.79 Å². The van der Waals surface area contributed by atoms with Crippen LogP contribution in [0.15, 0.2) is 0 Å². The maximum Gasteiger partial charge on any atom is 0.407 e. The summed E-state index contributed by atoms with van der Waals surface area (Å²) >= 11 is 3.06. The third-order valence-corrected chi connectivity index (χ3v) is 2.13. The predicted molar refractivity (Wildman–Crippen MR) is 53.0 cm³/mol. The van der Waals surface area contributed by atoms with E-state index in [0.717, 1.165) is 6.42 Å². The summed E-state index contributed by atoms with van der Waals surface area (Å²) in [6.45, 7) is 1.95. The molecule has 0 aromatic carbocycles. The lowest BCUT2D eigenvalue weighted by Crippen LogP contribution is -2.41. The third-order valence-electron chi connectivity index (χ3n) is 1.58. The monoisotopic (exact) mass is 251 g/mol. The van der Waals surface area contributed by atoms with Crippen LogP contribution in [-0.4, -0.2) is 30.4 Å². The number of carbonyl (C=O) groups excluding carboxylic acids is 2. The Labute approximate surface area is 86.1 Å². The Balaban J connectivity index is 4.08. The van der Waals surface area contributed by atoms with Gasteiger partial charge in [0.1, 0.15) is 0 Å². The normalized spacial score (nSPS) is 11.9. The number of ketones is 1. The molecule has 0 aliphatic carbocycles. The summed E-state index contributed by atoms with van der Waals surface area (Å²) in [6.07, 6.45) is 0.917. The summed E-state index contributed by atoms with van der Waals surface area (Å²) in [7, 11) is 1.27. The van der Waals surface area contributed by atoms with Gasteiger partial charge in [0.2, 0.25) is 0 Å². The van der Waals surface area contributed by atoms with Crippen molar-refractivity contribution in [1.29, 1.82) is 0 Å². The fourth-order valence-electron chi connectivity index (χ4n) is 0.897. The number of Topliss-reactive ketones (excluding diaryl/α,β-unsaturated/α-hetero) is 1. The Morgan fingerprint density at radius 2 is 2.15 bits per heavy atom. The van der Waals surface area contributed by atoms with E-state index < -0.39 is 12.1 Å². The Morgan fingerprint density at radius 1 is 1.54 bits per heavy atom. The van der Waals surface area contributed by atoms with Gasteiger partial charge >= 0.3 is 6.09 Å². The van der Waals surface area contributed by atoms with E-state index in [1.165, 1.54) is 7.11 Å². The van der Waals surface area contributed by atoms with E-state index in [2.05, 4.69) is 26.0 Å². The molecule has 1 unspecified atom stereocenters. The van der Waals surface area contributed by atoms with Gasteiger partial charge in [0, 0.05) is 0 Å². The average molecular weight is 252 g/mol. The van der Waals surface area contributed by atoms with Crippen LogP contribution in [0.1, 0.15) is 19.8 Å². The molecular formula is C8H14BrNO3. The average Bonchev–Trinajstić information content (AvgIpc) is 2.15. The second-order valence-electron chi connectivity index (χ2n) is 2.58. The summed E-state index contributed by atoms with van der Waals surface area (Å²) in [6, 6.07) is -0.433. The van der Waals surface area contributed by atoms with Crippen LogP contribution < -0.4 is 5.32 Å². The van der Waals surface area contributed by atoms with Gasteiger partial charge in [-0.1, -0.05) is 29.3 Å². The molecule has 0 saturated carbocycles. The summed E-state index contributed by atoms with van der Waals surface area (Å²) < 4.78 is 4.40. The molecule has 1 atom stereocenters. The van der Waals surface area contributed by atoms with Crippen LogP contribution in [0.2, 0.25) is 0 Å². The van der Waals surface area contributed by atoms with Crippen molar-refractivity contribution in [3.05, 3.63) is 0 Å². The SMILES string of the molecule is CCCC(NC(=O)OC)C(=O)CBr. The molecule has 0 heterocycles. The number of nitrogens with one attached hydrogen (secondary N) is 1. The van der Waals surface area contributed by atoms with Crippen LogP contribution in [0.3, 0.4) is 0 Å². The zero-order valence-corrected chi connectivity index (χ0v) is 9.39. The first-order valence-electron chi connectivity index (χ1n) is 4.08. The van der Waals surface area contributed by atoms with Gasteiger partial charge < -0.3 is 10.1 Å². The quantitative estimate of drug-likeness (QED) is 0.754. The lowest BCUT2D eigenvalue weighted by Gasteiger charge is -2.14. The summed E-state index contributed by atoms with van der Waals surface area (Å²) in [5.74, 6) is -0.0350. The summed E-state index contributed by atoms with van der Waals surface area (Å²) in [4.78, 5) is 22.1. The molecule has 0 fully saturated rings. The molecule has 0 aliphatic rings. The fraction of sp³-hybridized carbons (Fsp3) is 0.750. The van der Waals surface area contributed by atoms with E-state index in [1.54, 1.807) is 0 Å². The zero-order chi connectivity index (χ0) is 10.3. The summed E-state index contributed by atoms with van der Waals surface area (Å²) in [5.41, 5.74) is 0. The summed E-state index contributed by atoms with van der Waals surface area (Å²) in [5, 5.41) is 2.73. The fourth-order valence-corrected chi connectivity index (χ4v) is 1.29. The largest absolute Gasteiger partial charge is 0.453 e. The zero-order valence-electron chi connectivity index (χ0n) is 7.80. The number of carbonyl (C=O) groups is 2. The molecule has 0 rings (SSSR count). The van der Waals surface area contributed by atoms with E-state index in [0.29, 0.717) is 6.42 Å². The Kier molecular flexibility index (Phi) is 6.58. The lowest BCUT2D eigenvalue weighted by atomic mass is 10.1. The Bertz CT molecular complexity index is 184. The maximum absolute atomic E-state index is 11.2. The van der Waals surface area contributed by atoms with E-state index >= 15 is 0 Å². The highest BCUT2D eigenvalue weighted by atomic mass is 79.9. The minimum Gasteiger partial charge on any atom is -0.453 e. The van der Waals surface area contributed by atoms with Crippen molar-refractivity contribution in [3.8, 4) is 0 Å². The molecule has 0 saturated heterocycles. The van der Waals surface area contributed by atoms with Gasteiger partial charge in [0.05, 0.1) is 18.5 Å². The first kappa shape index (κ1) is 12.4. The smallest absolute Gasteiger partial charge is 0.407 e. The van der Waals surface area contributed by atoms with Crippen molar-refractivity contribution in [1.82, 2.24) is 5.32 Å². The van der Waals surface area contributed by atoms with E-state index in [9.17, 15) is 9.59 Å². The standard InChI is InChI=1S/C8H14BrNO3/c1-3-4-6(7(11)5-9)10-8(12)13-2/h6H,3-5H2,1-2H3,(H,10,12). The van der Waals surface area contributed by atoms with Crippen LogP contribution in [0, 0.1) is 0 Å². The number of hydrogen-bond acceptors (Lipinski definition) is 3. The van der Waals surface area contributed by atoms with Crippen molar-refractivity contribution < 1.29 is 14.3 Å². The van der Waals surface area contributed by atoms with Crippen molar-refractivity contribution in [2.75, 3.05) is 12.4 Å². The number of alkyl carbamates (subject to hydrolysis) is 1. The number of ether oxygens (including phenoxy) is 1. The van der Waals surface area contributed by atoms with Crippen molar-refractivity contribution in [2.45, 2.75) is 25.8 Å². The molecule has 13 heavy (non-hydrogen) atoms. The number of halogens is 1. The van der Waals surface area contributed by atoms with Crippen molar-refractivity contribution in [3.63, 3.8) is 0 Å². The molecule has 0 aromatic heterocycles. The number of rotatable bonds is 5. The highest BCUT2D eigenvalue weighted by molar-refractivity contribution is 9.09. The van der Waals surface area contributed by atoms with Gasteiger partial charge in [-0.05, 0) is 6.42 Å². The maximum atomic E-state index is 11.2. The molecule has 1 amide bonds. The lowest BCUT2D eigenvalue weighted by molar-refractivity contribution is -0.118. The molecule has 0 aromatic rings. The Morgan fingerprint density at radius 3 is 2.54 bits per heavy atom. The van der Waals surface area contributed by atoms with E-state index in [1.807, 2.05) is 6.92 Å². The molecule has 76 valence electrons. The van der Waals surface area contributed by atoms with Gasteiger partial charge in [0.25, 0.3) is 0 Å². The molecule has 1 N–H and O–H groups in total. The first-order chi connectivity index (χ1) is 6.15. The van der Waals surface area contributed by atoms with E-state index in [-0.39, 0.29) is 11.1 Å². The highest BCUT2D eigenvalue weighted by Gasteiger charge is 2.18. The van der Waals surface area contributed by atoms with Gasteiger partial charge in [-0.2, -0.15) is 0 Å². The molecule has 0 bridgehead atoms. The van der Waals surface area contributed by atoms with Gasteiger partial charge in [-0.15, -0.1) is 0 Å².